The average molecular weight is 477 g/mol. The second-order valence-electron chi connectivity index (χ2n) is 6.26. The summed E-state index contributed by atoms with van der Waals surface area (Å²) in [5.41, 5.74) is 4.56. The van der Waals surface area contributed by atoms with Crippen LogP contribution in [0.1, 0.15) is 28.1 Å². The van der Waals surface area contributed by atoms with Crippen LogP contribution in [-0.4, -0.2) is 38.4 Å². The van der Waals surface area contributed by atoms with Gasteiger partial charge in [-0.1, -0.05) is 30.0 Å². The summed E-state index contributed by atoms with van der Waals surface area (Å²) in [5.74, 6) is -1.22. The maximum atomic E-state index is 12.5. The number of thioether (sulfide) groups is 1. The molecule has 0 spiro atoms. The van der Waals surface area contributed by atoms with Gasteiger partial charge in [-0.25, -0.2) is 0 Å². The van der Waals surface area contributed by atoms with Crippen LogP contribution in [0.4, 0.5) is 5.69 Å². The van der Waals surface area contributed by atoms with Crippen molar-refractivity contribution in [3.63, 3.8) is 0 Å². The number of rotatable bonds is 7. The van der Waals surface area contributed by atoms with Crippen LogP contribution in [0.15, 0.2) is 46.7 Å². The van der Waals surface area contributed by atoms with Gasteiger partial charge in [0.2, 0.25) is 5.91 Å². The molecule has 1 aliphatic rings. The number of thiophene rings is 1. The lowest BCUT2D eigenvalue weighted by molar-refractivity contribution is -0.384. The summed E-state index contributed by atoms with van der Waals surface area (Å²) < 4.78 is 0.444. The predicted octanol–water partition coefficient (Wildman–Crippen LogP) is 3.10. The van der Waals surface area contributed by atoms with Crippen LogP contribution in [0.5, 0.6) is 0 Å². The SMILES string of the molecule is O=C(CCCN1C(=O)/C(=C\c2cccs2)SC1=S)NNC(=O)c1ccc([N+](=O)[O-])cc1. The molecule has 3 amide bonds. The minimum absolute atomic E-state index is 0.0710. The molecule has 1 aromatic heterocycles. The third kappa shape index (κ3) is 5.96. The Morgan fingerprint density at radius 3 is 2.58 bits per heavy atom. The summed E-state index contributed by atoms with van der Waals surface area (Å²) >= 11 is 8.02. The maximum absolute atomic E-state index is 12.5. The van der Waals surface area contributed by atoms with Gasteiger partial charge in [0.15, 0.2) is 0 Å². The fourth-order valence-electron chi connectivity index (χ4n) is 2.59. The minimum Gasteiger partial charge on any atom is -0.293 e. The van der Waals surface area contributed by atoms with Gasteiger partial charge in [-0.2, -0.15) is 0 Å². The second-order valence-corrected chi connectivity index (χ2v) is 8.91. The second kappa shape index (κ2) is 10.3. The van der Waals surface area contributed by atoms with Gasteiger partial charge in [0.05, 0.1) is 9.83 Å². The lowest BCUT2D eigenvalue weighted by Gasteiger charge is -2.14. The Morgan fingerprint density at radius 2 is 1.94 bits per heavy atom. The molecule has 31 heavy (non-hydrogen) atoms. The number of hydrogen-bond acceptors (Lipinski definition) is 8. The molecule has 0 bridgehead atoms. The van der Waals surface area contributed by atoms with E-state index in [2.05, 4.69) is 10.9 Å². The van der Waals surface area contributed by atoms with E-state index in [1.807, 2.05) is 17.5 Å². The van der Waals surface area contributed by atoms with E-state index >= 15 is 0 Å². The Bertz CT molecular complexity index is 1050. The topological polar surface area (TPSA) is 122 Å². The number of carbonyl (C=O) groups is 3. The fourth-order valence-corrected chi connectivity index (χ4v) is 4.62. The van der Waals surface area contributed by atoms with Crippen LogP contribution in [0.25, 0.3) is 6.08 Å². The lowest BCUT2D eigenvalue weighted by Crippen LogP contribution is -2.41. The van der Waals surface area contributed by atoms with Gasteiger partial charge in [0.1, 0.15) is 4.32 Å². The van der Waals surface area contributed by atoms with Gasteiger partial charge in [-0.15, -0.1) is 11.3 Å². The number of benzene rings is 1. The van der Waals surface area contributed by atoms with Crippen LogP contribution in [0.3, 0.4) is 0 Å². The number of amides is 3. The molecular weight excluding hydrogens is 460 g/mol. The van der Waals surface area contributed by atoms with Crippen molar-refractivity contribution in [3.8, 4) is 0 Å². The lowest BCUT2D eigenvalue weighted by atomic mass is 10.2. The molecule has 2 aromatic rings. The van der Waals surface area contributed by atoms with Crippen LogP contribution in [0.2, 0.25) is 0 Å². The zero-order valence-corrected chi connectivity index (χ0v) is 18.4. The van der Waals surface area contributed by atoms with Crippen LogP contribution in [0, 0.1) is 10.1 Å². The quantitative estimate of drug-likeness (QED) is 0.273. The molecule has 0 saturated carbocycles. The van der Waals surface area contributed by atoms with Crippen molar-refractivity contribution in [1.29, 1.82) is 0 Å². The van der Waals surface area contributed by atoms with Crippen LogP contribution < -0.4 is 10.9 Å². The van der Waals surface area contributed by atoms with Crippen molar-refractivity contribution in [2.75, 3.05) is 6.54 Å². The highest BCUT2D eigenvalue weighted by Gasteiger charge is 2.31. The molecular formula is C19H16N4O5S3. The molecule has 3 rings (SSSR count). The van der Waals surface area contributed by atoms with Crippen LogP contribution >= 0.6 is 35.3 Å². The van der Waals surface area contributed by atoms with Crippen molar-refractivity contribution < 1.29 is 19.3 Å². The number of nitrogens with one attached hydrogen (secondary N) is 2. The molecule has 0 atom stereocenters. The summed E-state index contributed by atoms with van der Waals surface area (Å²) in [6, 6.07) is 8.79. The van der Waals surface area contributed by atoms with Gasteiger partial charge in [0.25, 0.3) is 17.5 Å². The van der Waals surface area contributed by atoms with Gasteiger partial charge in [-0.3, -0.25) is 40.2 Å². The average Bonchev–Trinajstić information content (AvgIpc) is 3.35. The molecule has 0 unspecified atom stereocenters. The molecule has 1 fully saturated rings. The summed E-state index contributed by atoms with van der Waals surface area (Å²) in [6.07, 6.45) is 2.23. The number of hydrogen-bond donors (Lipinski definition) is 2. The van der Waals surface area contributed by atoms with Gasteiger partial charge >= 0.3 is 0 Å². The Labute approximate surface area is 190 Å². The van der Waals surface area contributed by atoms with Gasteiger partial charge in [0, 0.05) is 35.5 Å². The number of nitro groups is 1. The van der Waals surface area contributed by atoms with Gasteiger partial charge in [-0.05, 0) is 36.1 Å². The van der Waals surface area contributed by atoms with E-state index in [1.54, 1.807) is 6.08 Å². The minimum atomic E-state index is -0.598. The van der Waals surface area contributed by atoms with E-state index in [0.29, 0.717) is 15.6 Å². The largest absolute Gasteiger partial charge is 0.293 e. The smallest absolute Gasteiger partial charge is 0.269 e. The molecule has 1 aliphatic heterocycles. The van der Waals surface area contributed by atoms with Crippen LogP contribution in [-0.2, 0) is 9.59 Å². The summed E-state index contributed by atoms with van der Waals surface area (Å²) in [7, 11) is 0. The maximum Gasteiger partial charge on any atom is 0.269 e. The standard InChI is InChI=1S/C19H16N4O5S3/c24-16(20-21-17(25)12-5-7-13(8-6-12)23(27)28)4-1-9-22-18(26)15(31-19(22)29)11-14-3-2-10-30-14/h2-3,5-8,10-11H,1,4,9H2,(H,20,24)(H,21,25)/b15-11+. The molecule has 2 heterocycles. The van der Waals surface area contributed by atoms with E-state index in [0.717, 1.165) is 4.88 Å². The molecule has 12 heteroatoms. The number of hydrazine groups is 1. The Hall–Kier alpha value is -3.09. The molecule has 0 aliphatic carbocycles. The Balaban J connectivity index is 1.42. The molecule has 0 radical (unpaired) electrons. The Kier molecular flexibility index (Phi) is 7.50. The van der Waals surface area contributed by atoms with E-state index < -0.39 is 16.7 Å². The van der Waals surface area contributed by atoms with Crippen molar-refractivity contribution in [2.45, 2.75) is 12.8 Å². The first-order chi connectivity index (χ1) is 14.8. The first-order valence-corrected chi connectivity index (χ1v) is 11.1. The Morgan fingerprint density at radius 1 is 1.19 bits per heavy atom. The molecule has 1 saturated heterocycles. The number of carbonyl (C=O) groups excluding carboxylic acids is 3. The third-order valence-electron chi connectivity index (χ3n) is 4.13. The summed E-state index contributed by atoms with van der Waals surface area (Å²) in [6.45, 7) is 0.288. The summed E-state index contributed by atoms with van der Waals surface area (Å²) in [4.78, 5) is 49.5. The predicted molar refractivity (Wildman–Crippen MR) is 122 cm³/mol. The van der Waals surface area contributed by atoms with E-state index in [-0.39, 0.29) is 30.1 Å². The fraction of sp³-hybridized carbons (Fsp3) is 0.158. The number of thiocarbonyl (C=S) groups is 1. The summed E-state index contributed by atoms with van der Waals surface area (Å²) in [5, 5.41) is 12.6. The molecule has 9 nitrogen and oxygen atoms in total. The third-order valence-corrected chi connectivity index (χ3v) is 6.33. The van der Waals surface area contributed by atoms with Crippen molar-refractivity contribution in [2.24, 2.45) is 0 Å². The highest BCUT2D eigenvalue weighted by atomic mass is 32.2. The van der Waals surface area contributed by atoms with Crippen molar-refractivity contribution >= 4 is 69.1 Å². The normalized spacial score (nSPS) is 14.7. The zero-order chi connectivity index (χ0) is 22.4. The highest BCUT2D eigenvalue weighted by Crippen LogP contribution is 2.33. The van der Waals surface area contributed by atoms with E-state index in [1.165, 1.54) is 52.3 Å². The first kappa shape index (κ1) is 22.6. The molecule has 1 aromatic carbocycles. The number of nitro benzene ring substituents is 1. The van der Waals surface area contributed by atoms with E-state index in [9.17, 15) is 24.5 Å². The van der Waals surface area contributed by atoms with Gasteiger partial charge < -0.3 is 0 Å². The van der Waals surface area contributed by atoms with E-state index in [4.69, 9.17) is 12.2 Å². The highest BCUT2D eigenvalue weighted by molar-refractivity contribution is 8.26. The number of non-ortho nitro benzene ring substituents is 1. The van der Waals surface area contributed by atoms with Crippen molar-refractivity contribution in [3.05, 3.63) is 67.2 Å². The zero-order valence-electron chi connectivity index (χ0n) is 15.9. The monoisotopic (exact) mass is 476 g/mol. The molecule has 2 N–H and O–H groups in total. The molecule has 160 valence electrons. The van der Waals surface area contributed by atoms with Crippen molar-refractivity contribution in [1.82, 2.24) is 15.8 Å². The number of nitrogens with zero attached hydrogens (tertiary/aromatic N) is 2. The first-order valence-electron chi connectivity index (χ1n) is 8.97.